The van der Waals surface area contributed by atoms with E-state index >= 15 is 0 Å². The van der Waals surface area contributed by atoms with Crippen LogP contribution >= 0.6 is 0 Å². The zero-order valence-corrected chi connectivity index (χ0v) is 11.7. The topological polar surface area (TPSA) is 64.4 Å². The number of nitrogens with one attached hydrogen (secondary N) is 1. The van der Waals surface area contributed by atoms with Gasteiger partial charge in [0.05, 0.1) is 10.5 Å². The molecule has 2 aliphatic rings. The van der Waals surface area contributed by atoms with Crippen LogP contribution in [-0.2, 0) is 4.74 Å². The van der Waals surface area contributed by atoms with E-state index in [9.17, 15) is 10.1 Å². The van der Waals surface area contributed by atoms with Crippen LogP contribution in [0.25, 0.3) is 0 Å². The fourth-order valence-corrected chi connectivity index (χ4v) is 3.37. The van der Waals surface area contributed by atoms with Crippen molar-refractivity contribution in [1.82, 2.24) is 5.32 Å². The van der Waals surface area contributed by atoms with Gasteiger partial charge in [-0.25, -0.2) is 0 Å². The van der Waals surface area contributed by atoms with Crippen LogP contribution < -0.4 is 5.32 Å². The highest BCUT2D eigenvalue weighted by Crippen LogP contribution is 2.42. The lowest BCUT2D eigenvalue weighted by Crippen LogP contribution is -2.53. The predicted octanol–water partition coefficient (Wildman–Crippen LogP) is 3.16. The van der Waals surface area contributed by atoms with Gasteiger partial charge < -0.3 is 4.74 Å². The Bertz CT molecular complexity index is 502. The molecule has 1 aromatic carbocycles. The van der Waals surface area contributed by atoms with Crippen molar-refractivity contribution in [2.45, 2.75) is 44.4 Å². The Labute approximate surface area is 118 Å². The first kappa shape index (κ1) is 13.5. The lowest BCUT2D eigenvalue weighted by Gasteiger charge is -2.48. The third-order valence-electron chi connectivity index (χ3n) is 4.68. The van der Waals surface area contributed by atoms with E-state index < -0.39 is 0 Å². The van der Waals surface area contributed by atoms with Crippen molar-refractivity contribution in [3.63, 3.8) is 0 Å². The number of fused-ring (bicyclic) bond motifs is 1. The van der Waals surface area contributed by atoms with Gasteiger partial charge in [0.2, 0.25) is 0 Å². The van der Waals surface area contributed by atoms with E-state index in [1.807, 2.05) is 0 Å². The summed E-state index contributed by atoms with van der Waals surface area (Å²) in [6.45, 7) is 3.16. The van der Waals surface area contributed by atoms with Crippen molar-refractivity contribution < 1.29 is 9.66 Å². The first-order chi connectivity index (χ1) is 9.58. The summed E-state index contributed by atoms with van der Waals surface area (Å²) in [4.78, 5) is 10.3. The molecule has 2 fully saturated rings. The summed E-state index contributed by atoms with van der Waals surface area (Å²) < 4.78 is 6.28. The predicted molar refractivity (Wildman–Crippen MR) is 75.3 cm³/mol. The molecule has 0 radical (unpaired) electrons. The average molecular weight is 276 g/mol. The van der Waals surface area contributed by atoms with Gasteiger partial charge in [-0.05, 0) is 37.5 Å². The van der Waals surface area contributed by atoms with Gasteiger partial charge in [-0.2, -0.15) is 0 Å². The number of nitro groups is 1. The van der Waals surface area contributed by atoms with E-state index in [2.05, 4.69) is 12.2 Å². The summed E-state index contributed by atoms with van der Waals surface area (Å²) in [5.74, 6) is 0.575. The number of non-ortho nitro benzene ring substituents is 1. The highest BCUT2D eigenvalue weighted by molar-refractivity contribution is 5.33. The van der Waals surface area contributed by atoms with E-state index in [1.165, 1.54) is 31.4 Å². The summed E-state index contributed by atoms with van der Waals surface area (Å²) >= 11 is 0. The molecule has 1 aliphatic heterocycles. The van der Waals surface area contributed by atoms with Crippen molar-refractivity contribution in [2.75, 3.05) is 6.54 Å². The molecule has 3 atom stereocenters. The maximum Gasteiger partial charge on any atom is 0.269 e. The zero-order chi connectivity index (χ0) is 14.2. The summed E-state index contributed by atoms with van der Waals surface area (Å²) in [5, 5.41) is 14.1. The van der Waals surface area contributed by atoms with Crippen molar-refractivity contribution in [3.8, 4) is 0 Å². The molecule has 1 saturated heterocycles. The van der Waals surface area contributed by atoms with Crippen molar-refractivity contribution in [1.29, 1.82) is 0 Å². The monoisotopic (exact) mass is 276 g/mol. The van der Waals surface area contributed by atoms with Crippen LogP contribution in [0.5, 0.6) is 0 Å². The minimum atomic E-state index is -0.378. The number of nitrogens with zero attached hydrogens (tertiary/aromatic N) is 1. The second-order valence-electron chi connectivity index (χ2n) is 6.01. The molecular weight excluding hydrogens is 256 g/mol. The summed E-state index contributed by atoms with van der Waals surface area (Å²) in [7, 11) is 0. The van der Waals surface area contributed by atoms with Gasteiger partial charge in [0.15, 0.2) is 0 Å². The standard InChI is InChI=1S/C15H20N2O3/c1-15-9-3-2-4-12(15)10-16-14(20-15)11-5-7-13(8-6-11)17(18)19/h5-8,12,14,16H,2-4,9-10H2,1H3/t12-,14-,15-/m0/s1. The number of ether oxygens (including phenoxy) is 1. The van der Waals surface area contributed by atoms with E-state index in [1.54, 1.807) is 12.1 Å². The van der Waals surface area contributed by atoms with Crippen LogP contribution in [0.4, 0.5) is 5.69 Å². The Hall–Kier alpha value is -1.46. The molecule has 5 nitrogen and oxygen atoms in total. The lowest BCUT2D eigenvalue weighted by atomic mass is 9.75. The van der Waals surface area contributed by atoms with Crippen molar-refractivity contribution in [2.24, 2.45) is 5.92 Å². The quantitative estimate of drug-likeness (QED) is 0.665. The van der Waals surface area contributed by atoms with Crippen LogP contribution in [0.3, 0.4) is 0 Å². The maximum atomic E-state index is 10.7. The number of rotatable bonds is 2. The van der Waals surface area contributed by atoms with Crippen LogP contribution in [0.1, 0.15) is 44.4 Å². The molecule has 3 rings (SSSR count). The molecule has 1 heterocycles. The second-order valence-corrected chi connectivity index (χ2v) is 6.01. The van der Waals surface area contributed by atoms with Gasteiger partial charge in [0.25, 0.3) is 5.69 Å². The molecular formula is C15H20N2O3. The fraction of sp³-hybridized carbons (Fsp3) is 0.600. The molecule has 1 saturated carbocycles. The highest BCUT2D eigenvalue weighted by atomic mass is 16.6. The molecule has 0 unspecified atom stereocenters. The van der Waals surface area contributed by atoms with Crippen LogP contribution in [0, 0.1) is 16.0 Å². The SMILES string of the molecule is C[C@]12CCCC[C@H]1CN[C@H](c1ccc([N+](=O)[O-])cc1)O2. The van der Waals surface area contributed by atoms with E-state index in [0.717, 1.165) is 18.5 Å². The normalized spacial score (nSPS) is 33.5. The molecule has 0 bridgehead atoms. The molecule has 0 aromatic heterocycles. The third kappa shape index (κ3) is 2.43. The van der Waals surface area contributed by atoms with Crippen molar-refractivity contribution in [3.05, 3.63) is 39.9 Å². The van der Waals surface area contributed by atoms with Crippen LogP contribution in [0.15, 0.2) is 24.3 Å². The van der Waals surface area contributed by atoms with Crippen LogP contribution in [-0.4, -0.2) is 17.1 Å². The van der Waals surface area contributed by atoms with E-state index in [0.29, 0.717) is 5.92 Å². The van der Waals surface area contributed by atoms with Gasteiger partial charge >= 0.3 is 0 Å². The zero-order valence-electron chi connectivity index (χ0n) is 11.7. The Kier molecular flexibility index (Phi) is 3.48. The second kappa shape index (κ2) is 5.14. The van der Waals surface area contributed by atoms with Crippen LogP contribution in [0.2, 0.25) is 0 Å². The van der Waals surface area contributed by atoms with Gasteiger partial charge in [-0.15, -0.1) is 0 Å². The molecule has 1 aliphatic carbocycles. The van der Waals surface area contributed by atoms with Gasteiger partial charge in [0, 0.05) is 24.6 Å². The molecule has 1 aromatic rings. The Morgan fingerprint density at radius 1 is 1.35 bits per heavy atom. The minimum absolute atomic E-state index is 0.0596. The molecule has 108 valence electrons. The van der Waals surface area contributed by atoms with Gasteiger partial charge in [0.1, 0.15) is 6.23 Å². The summed E-state index contributed by atoms with van der Waals surface area (Å²) in [6.07, 6.45) is 4.67. The van der Waals surface area contributed by atoms with Crippen molar-refractivity contribution >= 4 is 5.69 Å². The molecule has 1 N–H and O–H groups in total. The Balaban J connectivity index is 1.76. The molecule has 5 heteroatoms. The lowest BCUT2D eigenvalue weighted by molar-refractivity contribution is -0.384. The number of nitro benzene ring substituents is 1. The summed E-state index contributed by atoms with van der Waals surface area (Å²) in [5.41, 5.74) is 1.02. The summed E-state index contributed by atoms with van der Waals surface area (Å²) in [6, 6.07) is 6.63. The average Bonchev–Trinajstić information content (AvgIpc) is 2.46. The fourth-order valence-electron chi connectivity index (χ4n) is 3.37. The smallest absolute Gasteiger partial charge is 0.269 e. The first-order valence-electron chi connectivity index (χ1n) is 7.24. The first-order valence-corrected chi connectivity index (χ1v) is 7.24. The highest BCUT2D eigenvalue weighted by Gasteiger charge is 2.42. The number of hydrogen-bond acceptors (Lipinski definition) is 4. The van der Waals surface area contributed by atoms with E-state index in [-0.39, 0.29) is 22.4 Å². The van der Waals surface area contributed by atoms with E-state index in [4.69, 9.17) is 4.74 Å². The number of benzene rings is 1. The third-order valence-corrected chi connectivity index (χ3v) is 4.68. The Morgan fingerprint density at radius 3 is 2.80 bits per heavy atom. The molecule has 0 amide bonds. The Morgan fingerprint density at radius 2 is 2.10 bits per heavy atom. The minimum Gasteiger partial charge on any atom is -0.353 e. The number of hydrogen-bond donors (Lipinski definition) is 1. The molecule has 0 spiro atoms. The molecule has 20 heavy (non-hydrogen) atoms. The van der Waals surface area contributed by atoms with Gasteiger partial charge in [-0.1, -0.05) is 12.8 Å². The van der Waals surface area contributed by atoms with Gasteiger partial charge in [-0.3, -0.25) is 15.4 Å². The largest absolute Gasteiger partial charge is 0.353 e. The maximum absolute atomic E-state index is 10.7.